The molecule has 1 saturated carbocycles. The number of nitrogens with one attached hydrogen (secondary N) is 1. The third kappa shape index (κ3) is 2.58. The van der Waals surface area contributed by atoms with Crippen molar-refractivity contribution >= 4 is 28.3 Å². The zero-order valence-corrected chi connectivity index (χ0v) is 11.8. The first kappa shape index (κ1) is 13.1. The van der Waals surface area contributed by atoms with Crippen LogP contribution in [0.25, 0.3) is 0 Å². The van der Waals surface area contributed by atoms with Crippen LogP contribution in [0.1, 0.15) is 37.6 Å². The first-order valence-electron chi connectivity index (χ1n) is 6.12. The Morgan fingerprint density at radius 3 is 2.89 bits per heavy atom. The second-order valence-corrected chi connectivity index (χ2v) is 6.04. The molecule has 2 rings (SSSR count). The lowest BCUT2D eigenvalue weighted by Crippen LogP contribution is -2.12. The van der Waals surface area contributed by atoms with Crippen LogP contribution in [0, 0.1) is 11.3 Å². The molecule has 5 nitrogen and oxygen atoms in total. The van der Waals surface area contributed by atoms with Gasteiger partial charge in [-0.25, -0.2) is 4.79 Å². The highest BCUT2D eigenvalue weighted by Crippen LogP contribution is 2.51. The van der Waals surface area contributed by atoms with E-state index in [-0.39, 0.29) is 5.82 Å². The Kier molecular flexibility index (Phi) is 3.47. The lowest BCUT2D eigenvalue weighted by Gasteiger charge is -2.07. The molecule has 1 aliphatic rings. The van der Waals surface area contributed by atoms with Crippen LogP contribution in [0.3, 0.4) is 0 Å². The molecular weight excluding hydrogens is 250 g/mol. The predicted octanol–water partition coefficient (Wildman–Crippen LogP) is 2.36. The summed E-state index contributed by atoms with van der Waals surface area (Å²) in [6.07, 6.45) is 1.21. The van der Waals surface area contributed by atoms with Gasteiger partial charge in [-0.1, -0.05) is 13.8 Å². The molecule has 1 atom stereocenters. The molecule has 0 bridgehead atoms. The first-order chi connectivity index (χ1) is 8.45. The van der Waals surface area contributed by atoms with E-state index in [2.05, 4.69) is 23.5 Å². The first-order valence-corrected chi connectivity index (χ1v) is 6.89. The van der Waals surface area contributed by atoms with Gasteiger partial charge in [-0.15, -0.1) is 0 Å². The van der Waals surface area contributed by atoms with Crippen molar-refractivity contribution in [2.24, 2.45) is 11.3 Å². The Morgan fingerprint density at radius 1 is 1.67 bits per heavy atom. The number of aromatic nitrogens is 1. The quantitative estimate of drug-likeness (QED) is 0.802. The number of hydrogen-bond acceptors (Lipinski definition) is 6. The molecular formula is C12H19N3O2S. The fraction of sp³-hybridized carbons (Fsp3) is 0.667. The molecule has 0 saturated heterocycles. The van der Waals surface area contributed by atoms with Crippen molar-refractivity contribution in [3.63, 3.8) is 0 Å². The topological polar surface area (TPSA) is 77.2 Å². The lowest BCUT2D eigenvalue weighted by atomic mass is 10.1. The molecule has 3 N–H and O–H groups in total. The number of esters is 1. The number of hydrogen-bond donors (Lipinski definition) is 2. The van der Waals surface area contributed by atoms with E-state index in [0.717, 1.165) is 6.54 Å². The van der Waals surface area contributed by atoms with Crippen LogP contribution in [0.15, 0.2) is 0 Å². The van der Waals surface area contributed by atoms with Crippen molar-refractivity contribution in [1.82, 2.24) is 4.37 Å². The van der Waals surface area contributed by atoms with Gasteiger partial charge in [-0.3, -0.25) is 0 Å². The summed E-state index contributed by atoms with van der Waals surface area (Å²) < 4.78 is 8.99. The highest BCUT2D eigenvalue weighted by Gasteiger charge is 2.45. The number of rotatable bonds is 5. The van der Waals surface area contributed by atoms with E-state index >= 15 is 0 Å². The minimum atomic E-state index is -0.402. The summed E-state index contributed by atoms with van der Waals surface area (Å²) in [6.45, 7) is 7.44. The standard InChI is InChI=1S/C12H19N3O2S/c1-4-17-11(16)8-9(13)15-18-10(8)14-6-7-5-12(7,2)3/h7,14H,4-6H2,1-3H3,(H2,13,15). The molecule has 1 unspecified atom stereocenters. The molecule has 1 aromatic heterocycles. The Morgan fingerprint density at radius 2 is 2.33 bits per heavy atom. The fourth-order valence-electron chi connectivity index (χ4n) is 1.96. The maximum atomic E-state index is 11.8. The fourth-order valence-corrected chi connectivity index (χ4v) is 2.67. The Bertz CT molecular complexity index is 456. The maximum Gasteiger partial charge on any atom is 0.344 e. The number of nitrogens with two attached hydrogens (primary N) is 1. The smallest absolute Gasteiger partial charge is 0.344 e. The minimum absolute atomic E-state index is 0.246. The molecule has 100 valence electrons. The molecule has 0 radical (unpaired) electrons. The van der Waals surface area contributed by atoms with Crippen molar-refractivity contribution in [3.8, 4) is 0 Å². The second kappa shape index (κ2) is 4.76. The SMILES string of the molecule is CCOC(=O)c1c(N)nsc1NCC1CC1(C)C. The van der Waals surface area contributed by atoms with Gasteiger partial charge in [0, 0.05) is 6.54 Å². The Balaban J connectivity index is 2.02. The summed E-state index contributed by atoms with van der Waals surface area (Å²) in [5.41, 5.74) is 6.49. The van der Waals surface area contributed by atoms with Crippen molar-refractivity contribution in [2.75, 3.05) is 24.2 Å². The van der Waals surface area contributed by atoms with Crippen molar-refractivity contribution in [2.45, 2.75) is 27.2 Å². The highest BCUT2D eigenvalue weighted by atomic mass is 32.1. The highest BCUT2D eigenvalue weighted by molar-refractivity contribution is 7.11. The molecule has 1 heterocycles. The summed E-state index contributed by atoms with van der Waals surface area (Å²) in [4.78, 5) is 11.8. The van der Waals surface area contributed by atoms with E-state index in [1.165, 1.54) is 18.0 Å². The number of ether oxygens (including phenoxy) is 1. The molecule has 0 amide bonds. The molecule has 0 spiro atoms. The van der Waals surface area contributed by atoms with Gasteiger partial charge in [-0.2, -0.15) is 4.37 Å². The molecule has 1 fully saturated rings. The molecule has 1 aromatic rings. The van der Waals surface area contributed by atoms with Crippen LogP contribution >= 0.6 is 11.5 Å². The molecule has 6 heteroatoms. The van der Waals surface area contributed by atoms with E-state index in [9.17, 15) is 4.79 Å². The summed E-state index contributed by atoms with van der Waals surface area (Å²) in [7, 11) is 0. The second-order valence-electron chi connectivity index (χ2n) is 5.26. The Hall–Kier alpha value is -1.30. The summed E-state index contributed by atoms with van der Waals surface area (Å²) >= 11 is 1.21. The molecule has 1 aliphatic carbocycles. The lowest BCUT2D eigenvalue weighted by molar-refractivity contribution is 0.0529. The summed E-state index contributed by atoms with van der Waals surface area (Å²) in [5, 5.41) is 3.98. The van der Waals surface area contributed by atoms with E-state index in [0.29, 0.717) is 28.5 Å². The third-order valence-corrected chi connectivity index (χ3v) is 4.24. The average molecular weight is 269 g/mol. The van der Waals surface area contributed by atoms with Gasteiger partial charge in [0.25, 0.3) is 0 Å². The van der Waals surface area contributed by atoms with E-state index < -0.39 is 5.97 Å². The van der Waals surface area contributed by atoms with Gasteiger partial charge in [-0.05, 0) is 36.2 Å². The molecule has 0 aliphatic heterocycles. The Labute approximate surface area is 111 Å². The van der Waals surface area contributed by atoms with Gasteiger partial charge in [0.05, 0.1) is 6.61 Å². The van der Waals surface area contributed by atoms with Crippen LogP contribution in [-0.2, 0) is 4.74 Å². The van der Waals surface area contributed by atoms with Gasteiger partial charge in [0.1, 0.15) is 10.6 Å². The molecule has 0 aromatic carbocycles. The van der Waals surface area contributed by atoms with Gasteiger partial charge in [0.15, 0.2) is 5.82 Å². The zero-order chi connectivity index (χ0) is 13.3. The monoisotopic (exact) mass is 269 g/mol. The maximum absolute atomic E-state index is 11.8. The van der Waals surface area contributed by atoms with E-state index in [1.54, 1.807) is 6.92 Å². The van der Waals surface area contributed by atoms with Gasteiger partial charge >= 0.3 is 5.97 Å². The van der Waals surface area contributed by atoms with Crippen LogP contribution in [0.4, 0.5) is 10.8 Å². The minimum Gasteiger partial charge on any atom is -0.462 e. The van der Waals surface area contributed by atoms with Crippen molar-refractivity contribution in [1.29, 1.82) is 0 Å². The van der Waals surface area contributed by atoms with E-state index in [1.807, 2.05) is 0 Å². The number of anilines is 2. The summed E-state index contributed by atoms with van der Waals surface area (Å²) in [5.74, 6) is 0.494. The van der Waals surface area contributed by atoms with Crippen LogP contribution in [0.2, 0.25) is 0 Å². The van der Waals surface area contributed by atoms with Crippen molar-refractivity contribution < 1.29 is 9.53 Å². The molecule has 18 heavy (non-hydrogen) atoms. The predicted molar refractivity (Wildman–Crippen MR) is 72.9 cm³/mol. The number of carbonyl (C=O) groups excluding carboxylic acids is 1. The normalized spacial score (nSPS) is 20.5. The average Bonchev–Trinajstić information content (AvgIpc) is 2.73. The van der Waals surface area contributed by atoms with Gasteiger partial charge < -0.3 is 15.8 Å². The van der Waals surface area contributed by atoms with E-state index in [4.69, 9.17) is 10.5 Å². The third-order valence-electron chi connectivity index (χ3n) is 3.42. The zero-order valence-electron chi connectivity index (χ0n) is 10.9. The van der Waals surface area contributed by atoms with Crippen LogP contribution in [0.5, 0.6) is 0 Å². The number of nitrogens with zero attached hydrogens (tertiary/aromatic N) is 1. The number of nitrogen functional groups attached to an aromatic ring is 1. The summed E-state index contributed by atoms with van der Waals surface area (Å²) in [6, 6.07) is 0. The van der Waals surface area contributed by atoms with Crippen molar-refractivity contribution in [3.05, 3.63) is 5.56 Å². The largest absolute Gasteiger partial charge is 0.462 e. The van der Waals surface area contributed by atoms with Crippen LogP contribution < -0.4 is 11.1 Å². The van der Waals surface area contributed by atoms with Crippen LogP contribution in [-0.4, -0.2) is 23.5 Å². The number of carbonyl (C=O) groups is 1. The van der Waals surface area contributed by atoms with Gasteiger partial charge in [0.2, 0.25) is 0 Å².